The van der Waals surface area contributed by atoms with Crippen molar-refractivity contribution in [3.8, 4) is 11.1 Å². The number of carbonyl (C=O) groups is 1. The van der Waals surface area contributed by atoms with Crippen molar-refractivity contribution in [3.63, 3.8) is 0 Å². The second kappa shape index (κ2) is 10.8. The number of benzene rings is 5. The number of halogens is 2. The molecular formula is C35H32Cl2HfNOSi. The summed E-state index contributed by atoms with van der Waals surface area (Å²) in [6.07, 6.45) is 0.747. The van der Waals surface area contributed by atoms with Gasteiger partial charge >= 0.3 is 253 Å². The molecule has 1 aliphatic carbocycles. The van der Waals surface area contributed by atoms with E-state index in [0.717, 1.165) is 47.9 Å². The van der Waals surface area contributed by atoms with Gasteiger partial charge in [0.2, 0.25) is 0 Å². The van der Waals surface area contributed by atoms with Crippen LogP contribution in [0, 0.1) is 20.8 Å². The topological polar surface area (TPSA) is 29.1 Å². The quantitative estimate of drug-likeness (QED) is 0.189. The molecule has 0 aliphatic heterocycles. The molecule has 0 saturated heterocycles. The van der Waals surface area contributed by atoms with Gasteiger partial charge in [-0.05, 0) is 0 Å². The van der Waals surface area contributed by atoms with Crippen molar-refractivity contribution in [1.29, 1.82) is 0 Å². The van der Waals surface area contributed by atoms with E-state index in [1.54, 1.807) is 0 Å². The second-order valence-corrected chi connectivity index (χ2v) is 60.1. The number of hydrogen-bond donors (Lipinski definition) is 1. The summed E-state index contributed by atoms with van der Waals surface area (Å²) in [6, 6.07) is 39.7. The first-order valence-electron chi connectivity index (χ1n) is 14.0. The molecule has 6 rings (SSSR count). The van der Waals surface area contributed by atoms with Crippen molar-refractivity contribution in [3.05, 3.63) is 149 Å². The van der Waals surface area contributed by atoms with Gasteiger partial charge in [0, 0.05) is 0 Å². The molecule has 41 heavy (non-hydrogen) atoms. The van der Waals surface area contributed by atoms with E-state index in [1.165, 1.54) is 11.1 Å². The molecule has 1 amide bonds. The Bertz CT molecular complexity index is 1730. The maximum absolute atomic E-state index is 14.5. The van der Waals surface area contributed by atoms with E-state index in [-0.39, 0.29) is 5.91 Å². The summed E-state index contributed by atoms with van der Waals surface area (Å²) in [4.78, 5) is 14.5. The van der Waals surface area contributed by atoms with Gasteiger partial charge in [-0.1, -0.05) is 0 Å². The molecule has 205 valence electrons. The van der Waals surface area contributed by atoms with Crippen LogP contribution in [0.2, 0.25) is 0 Å². The van der Waals surface area contributed by atoms with Gasteiger partial charge in [0.25, 0.3) is 0 Å². The average molecular weight is 760 g/mol. The fourth-order valence-corrected chi connectivity index (χ4v) is 58.3. The molecule has 0 fully saturated rings. The van der Waals surface area contributed by atoms with E-state index in [4.69, 9.17) is 17.2 Å². The molecule has 1 N–H and O–H groups in total. The zero-order valence-electron chi connectivity index (χ0n) is 23.4. The predicted molar refractivity (Wildman–Crippen MR) is 173 cm³/mol. The van der Waals surface area contributed by atoms with E-state index < -0.39 is 21.6 Å². The normalized spacial score (nSPS) is 13.3. The molecule has 0 spiro atoms. The Kier molecular flexibility index (Phi) is 7.48. The third-order valence-corrected chi connectivity index (χ3v) is 56.6. The summed E-state index contributed by atoms with van der Waals surface area (Å²) in [5.41, 5.74) is 8.42. The number of amides is 1. The van der Waals surface area contributed by atoms with Crippen LogP contribution in [0.4, 0.5) is 0 Å². The van der Waals surface area contributed by atoms with Crippen LogP contribution in [-0.2, 0) is 22.0 Å². The van der Waals surface area contributed by atoms with Crippen LogP contribution >= 0.6 is 17.2 Å². The summed E-state index contributed by atoms with van der Waals surface area (Å²) in [5, 5.41) is 2.26. The SMILES string of the molecule is Cc1cc(C)c(C(=O)[NH][Hf]([Cl])([Cl])([c]2cccc3c2Cc2ccccc2-3)[SiH](c2ccccc2)c2ccccc2)c(C)c1. The van der Waals surface area contributed by atoms with Gasteiger partial charge in [-0.3, -0.25) is 0 Å². The number of rotatable bonds is 6. The summed E-state index contributed by atoms with van der Waals surface area (Å²) < 4.78 is 4.49. The van der Waals surface area contributed by atoms with Gasteiger partial charge in [-0.15, -0.1) is 0 Å². The van der Waals surface area contributed by atoms with Gasteiger partial charge < -0.3 is 0 Å². The Morgan fingerprint density at radius 2 is 1.24 bits per heavy atom. The Morgan fingerprint density at radius 3 is 1.85 bits per heavy atom. The van der Waals surface area contributed by atoms with Gasteiger partial charge in [0.05, 0.1) is 0 Å². The third-order valence-electron chi connectivity index (χ3n) is 8.36. The number of hydrogen-bond acceptors (Lipinski definition) is 1. The molecule has 0 bridgehead atoms. The molecule has 2 nitrogen and oxygen atoms in total. The van der Waals surface area contributed by atoms with E-state index >= 15 is 0 Å². The van der Waals surface area contributed by atoms with Crippen LogP contribution < -0.4 is 17.0 Å². The zero-order chi connectivity index (χ0) is 28.8. The maximum atomic E-state index is 14.5. The van der Waals surface area contributed by atoms with Gasteiger partial charge in [0.15, 0.2) is 0 Å². The molecule has 5 aromatic rings. The molecule has 0 heterocycles. The van der Waals surface area contributed by atoms with E-state index in [1.807, 2.05) is 50.2 Å². The Balaban J connectivity index is 1.64. The Hall–Kier alpha value is -2.76. The molecule has 0 radical (unpaired) electrons. The summed E-state index contributed by atoms with van der Waals surface area (Å²) in [5.74, 6) is -2.64. The fourth-order valence-electron chi connectivity index (χ4n) is 6.76. The Labute approximate surface area is 251 Å². The molecule has 0 aromatic heterocycles. The van der Waals surface area contributed by atoms with Crippen molar-refractivity contribution in [1.82, 2.24) is 3.30 Å². The van der Waals surface area contributed by atoms with Crippen molar-refractivity contribution in [2.24, 2.45) is 0 Å². The minimum absolute atomic E-state index is 0.183. The van der Waals surface area contributed by atoms with Crippen LogP contribution in [0.1, 0.15) is 38.2 Å². The van der Waals surface area contributed by atoms with Gasteiger partial charge in [-0.25, -0.2) is 0 Å². The Morgan fingerprint density at radius 1 is 0.707 bits per heavy atom. The van der Waals surface area contributed by atoms with Crippen LogP contribution in [0.3, 0.4) is 0 Å². The number of aryl methyl sites for hydroxylation is 3. The first-order valence-corrected chi connectivity index (χ1v) is 34.4. The molecular weight excluding hydrogens is 728 g/mol. The van der Waals surface area contributed by atoms with E-state index in [0.29, 0.717) is 5.56 Å². The van der Waals surface area contributed by atoms with Crippen molar-refractivity contribution < 1.29 is 20.4 Å². The standard InChI is InChI=1S/C13H9.C12H11Si.C10H13NO.2ClH.Hf/c1-3-7-12-10(5-1)9-11-6-2-4-8-13(11)12;1-3-7-11(8-4-1)13-12-9-5-2-6-10-12;1-6-4-7(2)9(10(11)12)8(3)5-6;;;/h1-5,7-8H,9H2;1-10,13H;4-5H,1-3H3,(H2,11,12);2*1H;/q;;;;;+3/p-3. The number of fused-ring (bicyclic) bond motifs is 3. The average Bonchev–Trinajstić information content (AvgIpc) is 3.32. The van der Waals surface area contributed by atoms with Crippen molar-refractivity contribution in [2.45, 2.75) is 27.2 Å². The zero-order valence-corrected chi connectivity index (χ0v) is 29.7. The monoisotopic (exact) mass is 760 g/mol. The van der Waals surface area contributed by atoms with Crippen molar-refractivity contribution >= 4 is 42.7 Å². The van der Waals surface area contributed by atoms with Crippen LogP contribution in [0.25, 0.3) is 11.1 Å². The van der Waals surface area contributed by atoms with Crippen molar-refractivity contribution in [2.75, 3.05) is 0 Å². The first-order chi connectivity index (χ1) is 19.7. The predicted octanol–water partition coefficient (Wildman–Crippen LogP) is 6.69. The number of nitrogens with one attached hydrogen (secondary N) is 1. The molecule has 6 heteroatoms. The van der Waals surface area contributed by atoms with Gasteiger partial charge in [0.1, 0.15) is 0 Å². The third kappa shape index (κ3) is 4.99. The van der Waals surface area contributed by atoms with Crippen LogP contribution in [-0.4, -0.2) is 11.9 Å². The van der Waals surface area contributed by atoms with Gasteiger partial charge in [-0.2, -0.15) is 0 Å². The summed E-state index contributed by atoms with van der Waals surface area (Å²) in [6.45, 7) is 6.03. The molecule has 5 aromatic carbocycles. The summed E-state index contributed by atoms with van der Waals surface area (Å²) >= 11 is -5.71. The fraction of sp³-hybridized carbons (Fsp3) is 0.114. The second-order valence-electron chi connectivity index (χ2n) is 11.2. The molecule has 1 aliphatic rings. The van der Waals surface area contributed by atoms with E-state index in [2.05, 4.69) is 89.1 Å². The summed E-state index contributed by atoms with van der Waals surface area (Å²) in [7, 11) is 16.6. The van der Waals surface area contributed by atoms with Crippen LogP contribution in [0.5, 0.6) is 0 Å². The molecule has 0 saturated carbocycles. The number of carbonyl (C=O) groups excluding carboxylic acids is 1. The van der Waals surface area contributed by atoms with E-state index in [9.17, 15) is 4.79 Å². The van der Waals surface area contributed by atoms with Crippen LogP contribution in [0.15, 0.2) is 115 Å². The minimum atomic E-state index is -5.71. The molecule has 0 unspecified atom stereocenters. The first kappa shape index (κ1) is 28.4. The molecule has 0 atom stereocenters.